The monoisotopic (exact) mass is 392 g/mol. The van der Waals surface area contributed by atoms with Crippen LogP contribution in [0.2, 0.25) is 0 Å². The average Bonchev–Trinajstić information content (AvgIpc) is 3.09. The van der Waals surface area contributed by atoms with Crippen molar-refractivity contribution in [2.24, 2.45) is 5.92 Å². The van der Waals surface area contributed by atoms with Crippen LogP contribution in [0.25, 0.3) is 0 Å². The molecule has 3 atom stereocenters. The first kappa shape index (κ1) is 18.9. The van der Waals surface area contributed by atoms with E-state index in [1.54, 1.807) is 16.7 Å². The summed E-state index contributed by atoms with van der Waals surface area (Å²) < 4.78 is 0. The summed E-state index contributed by atoms with van der Waals surface area (Å²) in [6.07, 6.45) is 12.7. The van der Waals surface area contributed by atoms with Gasteiger partial charge in [0.15, 0.2) is 0 Å². The van der Waals surface area contributed by atoms with Crippen LogP contribution in [0.5, 0.6) is 0 Å². The van der Waals surface area contributed by atoms with E-state index in [4.69, 9.17) is 11.6 Å². The molecule has 0 aromatic heterocycles. The quantitative estimate of drug-likeness (QED) is 0.313. The van der Waals surface area contributed by atoms with Crippen LogP contribution < -0.4 is 0 Å². The maximum atomic E-state index is 6.64. The van der Waals surface area contributed by atoms with Crippen LogP contribution in [-0.4, -0.2) is 5.38 Å². The summed E-state index contributed by atoms with van der Waals surface area (Å²) in [6.45, 7) is 3.94. The van der Waals surface area contributed by atoms with Crippen LogP contribution in [0.4, 0.5) is 0 Å². The van der Waals surface area contributed by atoms with Crippen molar-refractivity contribution in [1.29, 1.82) is 0 Å². The number of hydrogen-bond donors (Lipinski definition) is 0. The summed E-state index contributed by atoms with van der Waals surface area (Å²) in [6, 6.07) is 7.29. The Kier molecular flexibility index (Phi) is 7.91. The molecule has 119 valence electrons. The first-order valence-corrected chi connectivity index (χ1v) is 9.28. The number of aryl methyl sites for hydroxylation is 2. The van der Waals surface area contributed by atoms with Gasteiger partial charge in [-0.3, -0.25) is 0 Å². The Bertz CT molecular complexity index is 471. The molecule has 0 amide bonds. The molecule has 0 spiro atoms. The predicted molar refractivity (Wildman–Crippen MR) is 92.0 cm³/mol. The van der Waals surface area contributed by atoms with E-state index in [2.05, 4.69) is 25.1 Å². The third kappa shape index (κ3) is 4.37. The summed E-state index contributed by atoms with van der Waals surface area (Å²) >= 11 is 6.64. The van der Waals surface area contributed by atoms with Crippen molar-refractivity contribution in [3.05, 3.63) is 41.8 Å². The second-order valence-corrected chi connectivity index (χ2v) is 7.51. The molecule has 0 aliphatic heterocycles. The Morgan fingerprint density at radius 2 is 1.86 bits per heavy atom. The van der Waals surface area contributed by atoms with E-state index in [1.807, 2.05) is 0 Å². The molecule has 2 heteroatoms. The molecule has 1 fully saturated rings. The molecule has 0 saturated heterocycles. The van der Waals surface area contributed by atoms with Gasteiger partial charge in [0.05, 0.1) is 0 Å². The van der Waals surface area contributed by atoms with Gasteiger partial charge in [-0.25, -0.2) is 0 Å². The molecule has 0 heterocycles. The van der Waals surface area contributed by atoms with E-state index in [9.17, 15) is 0 Å². The van der Waals surface area contributed by atoms with Crippen LogP contribution in [-0.2, 0) is 45.6 Å². The van der Waals surface area contributed by atoms with Gasteiger partial charge < -0.3 is 6.92 Å². The number of hydrogen-bond acceptors (Lipinski definition) is 0. The van der Waals surface area contributed by atoms with E-state index >= 15 is 0 Å². The van der Waals surface area contributed by atoms with E-state index < -0.39 is 0 Å². The number of alkyl halides is 1. The molecule has 3 rings (SSSR count). The predicted octanol–water partition coefficient (Wildman–Crippen LogP) is 6.06. The van der Waals surface area contributed by atoms with E-state index in [0.29, 0.717) is 17.2 Å². The fourth-order valence-electron chi connectivity index (χ4n) is 4.37. The largest absolute Gasteiger partial charge is 0.343 e. The normalized spacial score (nSPS) is 26.7. The van der Waals surface area contributed by atoms with Crippen LogP contribution >= 0.6 is 11.6 Å². The maximum absolute atomic E-state index is 6.64. The maximum Gasteiger partial charge on any atom is 0.0370 e. The molecule has 1 radical (unpaired) electrons. The molecule has 2 aliphatic carbocycles. The third-order valence-electron chi connectivity index (χ3n) is 5.57. The second kappa shape index (κ2) is 9.19. The zero-order chi connectivity index (χ0) is 14.7. The number of benzene rings is 1. The Labute approximate surface area is 166 Å². The van der Waals surface area contributed by atoms with Gasteiger partial charge in [-0.15, -0.1) is 11.6 Å². The van der Waals surface area contributed by atoms with Crippen LogP contribution in [0.15, 0.2) is 18.2 Å². The molecule has 0 nitrogen and oxygen atoms in total. The summed E-state index contributed by atoms with van der Waals surface area (Å²) in [5.74, 6) is 1.40. The standard InChI is InChI=1S/C20H28Cl.Y/c1-2-3-4-5-9-19-18(12-13-20(19)21)17-11-10-15-7-6-8-16(15)14-17;/h10-11,14,18-20H,1-9,12-13H2;/q-1;. The molecule has 1 aromatic carbocycles. The minimum absolute atomic E-state index is 0. The summed E-state index contributed by atoms with van der Waals surface area (Å²) in [7, 11) is 0. The van der Waals surface area contributed by atoms with Crippen molar-refractivity contribution in [3.63, 3.8) is 0 Å². The van der Waals surface area contributed by atoms with E-state index in [0.717, 1.165) is 6.42 Å². The summed E-state index contributed by atoms with van der Waals surface area (Å²) in [5, 5.41) is 0.392. The first-order chi connectivity index (χ1) is 10.3. The van der Waals surface area contributed by atoms with Gasteiger partial charge in [0, 0.05) is 38.1 Å². The Hall–Kier alpha value is 0.614. The van der Waals surface area contributed by atoms with Crippen LogP contribution in [0, 0.1) is 12.8 Å². The molecule has 0 N–H and O–H groups in total. The van der Waals surface area contributed by atoms with Crippen molar-refractivity contribution in [3.8, 4) is 0 Å². The fraction of sp³-hybridized carbons (Fsp3) is 0.650. The molecule has 1 aromatic rings. The minimum Gasteiger partial charge on any atom is -0.343 e. The molecular formula is C20H28ClY-. The Morgan fingerprint density at radius 1 is 1.05 bits per heavy atom. The van der Waals surface area contributed by atoms with Gasteiger partial charge in [-0.2, -0.15) is 6.42 Å². The Morgan fingerprint density at radius 3 is 2.68 bits per heavy atom. The number of halogens is 1. The van der Waals surface area contributed by atoms with Gasteiger partial charge >= 0.3 is 0 Å². The van der Waals surface area contributed by atoms with E-state index in [1.165, 1.54) is 57.8 Å². The topological polar surface area (TPSA) is 0 Å². The molecule has 0 bridgehead atoms. The number of rotatable bonds is 6. The molecule has 22 heavy (non-hydrogen) atoms. The molecule has 1 saturated carbocycles. The zero-order valence-electron chi connectivity index (χ0n) is 13.7. The number of unbranched alkanes of at least 4 members (excludes halogenated alkanes) is 3. The smallest absolute Gasteiger partial charge is 0.0370 e. The van der Waals surface area contributed by atoms with Gasteiger partial charge in [0.25, 0.3) is 0 Å². The van der Waals surface area contributed by atoms with Gasteiger partial charge in [0.1, 0.15) is 0 Å². The van der Waals surface area contributed by atoms with Crippen LogP contribution in [0.1, 0.15) is 74.0 Å². The van der Waals surface area contributed by atoms with E-state index in [-0.39, 0.29) is 32.7 Å². The van der Waals surface area contributed by atoms with Gasteiger partial charge in [-0.1, -0.05) is 37.5 Å². The molecule has 2 aliphatic rings. The average molecular weight is 393 g/mol. The van der Waals surface area contributed by atoms with Gasteiger partial charge in [0.2, 0.25) is 0 Å². The fourth-order valence-corrected chi connectivity index (χ4v) is 4.80. The molecular weight excluding hydrogens is 365 g/mol. The van der Waals surface area contributed by atoms with Crippen molar-refractivity contribution in [2.75, 3.05) is 0 Å². The van der Waals surface area contributed by atoms with Crippen molar-refractivity contribution in [1.82, 2.24) is 0 Å². The first-order valence-electron chi connectivity index (χ1n) is 8.84. The van der Waals surface area contributed by atoms with Crippen molar-refractivity contribution >= 4 is 11.6 Å². The number of fused-ring (bicyclic) bond motifs is 1. The Balaban J connectivity index is 0.00000176. The second-order valence-electron chi connectivity index (χ2n) is 6.95. The summed E-state index contributed by atoms with van der Waals surface area (Å²) in [5.41, 5.74) is 4.77. The van der Waals surface area contributed by atoms with Crippen molar-refractivity contribution < 1.29 is 32.7 Å². The van der Waals surface area contributed by atoms with Crippen molar-refractivity contribution in [2.45, 2.75) is 75.5 Å². The summed E-state index contributed by atoms with van der Waals surface area (Å²) in [4.78, 5) is 0. The molecule has 3 unspecified atom stereocenters. The third-order valence-corrected chi connectivity index (χ3v) is 6.11. The van der Waals surface area contributed by atoms with Gasteiger partial charge in [-0.05, 0) is 67.1 Å². The SMILES string of the molecule is [CH2-]CCCCCC1C(Cl)CCC1c1ccc2c(c1)CCC2.[Y]. The zero-order valence-corrected chi connectivity index (χ0v) is 17.3. The minimum atomic E-state index is 0. The van der Waals surface area contributed by atoms with Crippen LogP contribution in [0.3, 0.4) is 0 Å².